The minimum absolute atomic E-state index is 0.0610. The van der Waals surface area contributed by atoms with Crippen LogP contribution in [0.15, 0.2) is 48.5 Å². The first-order chi connectivity index (χ1) is 18.6. The molecule has 0 bridgehead atoms. The molecule has 0 fully saturated rings. The van der Waals surface area contributed by atoms with Crippen molar-refractivity contribution < 1.29 is 24.3 Å². The number of amides is 3. The number of carboxylic acids is 1. The van der Waals surface area contributed by atoms with Gasteiger partial charge in [0, 0.05) is 28.6 Å². The molecule has 204 valence electrons. The fraction of sp³-hybridized carbons (Fsp3) is 0.400. The number of nitrogens with zero attached hydrogens (tertiary/aromatic N) is 1. The Morgan fingerprint density at radius 2 is 1.72 bits per heavy atom. The van der Waals surface area contributed by atoms with Gasteiger partial charge in [0.1, 0.15) is 18.1 Å². The summed E-state index contributed by atoms with van der Waals surface area (Å²) in [7, 11) is 0. The molecule has 5 rings (SSSR count). The summed E-state index contributed by atoms with van der Waals surface area (Å²) in [5.74, 6) is -2.59. The van der Waals surface area contributed by atoms with Crippen LogP contribution in [-0.4, -0.2) is 56.8 Å². The number of para-hydroxylation sites is 1. The summed E-state index contributed by atoms with van der Waals surface area (Å²) in [5.41, 5.74) is 4.20. The van der Waals surface area contributed by atoms with E-state index in [0.29, 0.717) is 12.0 Å². The Kier molecular flexibility index (Phi) is 6.92. The van der Waals surface area contributed by atoms with E-state index in [2.05, 4.69) is 15.6 Å². The zero-order valence-electron chi connectivity index (χ0n) is 22.5. The van der Waals surface area contributed by atoms with Crippen LogP contribution in [0.2, 0.25) is 0 Å². The summed E-state index contributed by atoms with van der Waals surface area (Å²) in [4.78, 5) is 57.6. The van der Waals surface area contributed by atoms with Gasteiger partial charge in [-0.05, 0) is 41.5 Å². The molecule has 3 amide bonds. The van der Waals surface area contributed by atoms with Crippen molar-refractivity contribution in [2.45, 2.75) is 64.7 Å². The Hall–Kier alpha value is -4.14. The third-order valence-electron chi connectivity index (χ3n) is 7.72. The summed E-state index contributed by atoms with van der Waals surface area (Å²) in [5, 5.41) is 16.1. The van der Waals surface area contributed by atoms with Crippen LogP contribution >= 0.6 is 0 Å². The van der Waals surface area contributed by atoms with E-state index in [1.54, 1.807) is 24.8 Å². The highest BCUT2D eigenvalue weighted by Crippen LogP contribution is 2.46. The lowest BCUT2D eigenvalue weighted by Crippen LogP contribution is -2.59. The summed E-state index contributed by atoms with van der Waals surface area (Å²) < 4.78 is 0. The lowest BCUT2D eigenvalue weighted by Gasteiger charge is -2.38. The standard InChI is InChI=1S/C30H34N4O5/c1-15(2)13-22(30(38)39)32-28(36)24(16(3)4)33-27(35)23-14-20-17-9-7-8-12-21(17)31-25(20)26-18-10-5-6-11-19(18)29(37)34(23)26/h5-12,15-16,22-24,26,31H,13-14H2,1-4H3,(H,32,36)(H,33,35)(H,38,39). The van der Waals surface area contributed by atoms with Gasteiger partial charge in [-0.1, -0.05) is 64.1 Å². The van der Waals surface area contributed by atoms with Gasteiger partial charge in [-0.3, -0.25) is 14.4 Å². The number of aliphatic carboxylic acids is 1. The van der Waals surface area contributed by atoms with E-state index in [-0.39, 0.29) is 24.2 Å². The number of aromatic amines is 1. The minimum atomic E-state index is -1.12. The molecule has 0 saturated carbocycles. The summed E-state index contributed by atoms with van der Waals surface area (Å²) in [6, 6.07) is 11.9. The molecular formula is C30H34N4O5. The van der Waals surface area contributed by atoms with Gasteiger partial charge in [-0.15, -0.1) is 0 Å². The largest absolute Gasteiger partial charge is 0.480 e. The van der Waals surface area contributed by atoms with Gasteiger partial charge in [0.25, 0.3) is 5.91 Å². The molecule has 4 unspecified atom stereocenters. The minimum Gasteiger partial charge on any atom is -0.480 e. The molecule has 0 radical (unpaired) electrons. The van der Waals surface area contributed by atoms with Crippen molar-refractivity contribution in [1.82, 2.24) is 20.5 Å². The molecular weight excluding hydrogens is 496 g/mol. The van der Waals surface area contributed by atoms with Gasteiger partial charge in [0.2, 0.25) is 11.8 Å². The molecule has 0 saturated heterocycles. The van der Waals surface area contributed by atoms with Crippen molar-refractivity contribution in [3.05, 3.63) is 70.9 Å². The molecule has 2 aromatic carbocycles. The Bertz CT molecular complexity index is 1460. The molecule has 39 heavy (non-hydrogen) atoms. The number of benzene rings is 2. The van der Waals surface area contributed by atoms with Gasteiger partial charge < -0.3 is 25.6 Å². The second-order valence-corrected chi connectivity index (χ2v) is 11.2. The SMILES string of the molecule is CC(C)CC(NC(=O)C(NC(=O)C1Cc2c([nH]c3ccccc23)C2c3ccccc3C(=O)N12)C(C)C)C(=O)O. The number of carboxylic acid groups (broad SMARTS) is 1. The zero-order valence-corrected chi connectivity index (χ0v) is 22.5. The van der Waals surface area contributed by atoms with Crippen LogP contribution in [0.4, 0.5) is 0 Å². The highest BCUT2D eigenvalue weighted by molar-refractivity contribution is 6.04. The Balaban J connectivity index is 1.48. The Morgan fingerprint density at radius 1 is 1.03 bits per heavy atom. The van der Waals surface area contributed by atoms with Crippen LogP contribution in [0.25, 0.3) is 10.9 Å². The summed E-state index contributed by atoms with van der Waals surface area (Å²) >= 11 is 0. The second-order valence-electron chi connectivity index (χ2n) is 11.2. The van der Waals surface area contributed by atoms with Gasteiger partial charge in [0.15, 0.2) is 0 Å². The first-order valence-corrected chi connectivity index (χ1v) is 13.4. The summed E-state index contributed by atoms with van der Waals surface area (Å²) in [6.07, 6.45) is 0.562. The molecule has 2 aliphatic heterocycles. The van der Waals surface area contributed by atoms with Crippen LogP contribution in [0, 0.1) is 11.8 Å². The fourth-order valence-corrected chi connectivity index (χ4v) is 5.88. The molecule has 9 heteroatoms. The van der Waals surface area contributed by atoms with E-state index in [1.165, 1.54) is 0 Å². The average Bonchev–Trinajstić information content (AvgIpc) is 3.41. The lowest BCUT2D eigenvalue weighted by molar-refractivity contribution is -0.143. The third-order valence-corrected chi connectivity index (χ3v) is 7.72. The van der Waals surface area contributed by atoms with Crippen LogP contribution in [0.3, 0.4) is 0 Å². The van der Waals surface area contributed by atoms with Crippen LogP contribution < -0.4 is 10.6 Å². The summed E-state index contributed by atoms with van der Waals surface area (Å²) in [6.45, 7) is 7.35. The van der Waals surface area contributed by atoms with Crippen LogP contribution in [0.1, 0.15) is 67.3 Å². The van der Waals surface area contributed by atoms with Crippen molar-refractivity contribution in [3.8, 4) is 0 Å². The second kappa shape index (κ2) is 10.2. The maximum absolute atomic E-state index is 13.9. The van der Waals surface area contributed by atoms with E-state index in [0.717, 1.165) is 27.7 Å². The molecule has 1 aromatic heterocycles. The maximum atomic E-state index is 13.9. The number of aromatic nitrogens is 1. The first kappa shape index (κ1) is 26.5. The van der Waals surface area contributed by atoms with E-state index >= 15 is 0 Å². The number of nitrogens with one attached hydrogen (secondary N) is 3. The number of carbonyl (C=O) groups is 4. The van der Waals surface area contributed by atoms with Crippen molar-refractivity contribution >= 4 is 34.6 Å². The predicted octanol–water partition coefficient (Wildman–Crippen LogP) is 3.39. The third kappa shape index (κ3) is 4.66. The smallest absolute Gasteiger partial charge is 0.326 e. The highest BCUT2D eigenvalue weighted by atomic mass is 16.4. The fourth-order valence-electron chi connectivity index (χ4n) is 5.88. The van der Waals surface area contributed by atoms with E-state index in [4.69, 9.17) is 0 Å². The van der Waals surface area contributed by atoms with Crippen LogP contribution in [0.5, 0.6) is 0 Å². The van der Waals surface area contributed by atoms with E-state index < -0.39 is 42.0 Å². The first-order valence-electron chi connectivity index (χ1n) is 13.4. The van der Waals surface area contributed by atoms with Crippen molar-refractivity contribution in [1.29, 1.82) is 0 Å². The number of hydrogen-bond acceptors (Lipinski definition) is 4. The van der Waals surface area contributed by atoms with E-state index in [9.17, 15) is 24.3 Å². The number of hydrogen-bond donors (Lipinski definition) is 4. The van der Waals surface area contributed by atoms with E-state index in [1.807, 2.05) is 56.3 Å². The molecule has 2 aliphatic rings. The zero-order chi connectivity index (χ0) is 28.0. The molecule has 4 N–H and O–H groups in total. The molecule has 0 spiro atoms. The Labute approximate surface area is 227 Å². The molecule has 9 nitrogen and oxygen atoms in total. The maximum Gasteiger partial charge on any atom is 0.326 e. The van der Waals surface area contributed by atoms with Crippen molar-refractivity contribution in [2.24, 2.45) is 11.8 Å². The number of H-pyrrole nitrogens is 1. The topological polar surface area (TPSA) is 132 Å². The van der Waals surface area contributed by atoms with Crippen molar-refractivity contribution in [2.75, 3.05) is 0 Å². The van der Waals surface area contributed by atoms with Gasteiger partial charge in [0.05, 0.1) is 6.04 Å². The van der Waals surface area contributed by atoms with Gasteiger partial charge in [-0.25, -0.2) is 4.79 Å². The molecule has 0 aliphatic carbocycles. The average molecular weight is 531 g/mol. The van der Waals surface area contributed by atoms with Gasteiger partial charge in [-0.2, -0.15) is 0 Å². The number of carbonyl (C=O) groups excluding carboxylic acids is 3. The van der Waals surface area contributed by atoms with Gasteiger partial charge >= 0.3 is 5.97 Å². The number of rotatable bonds is 8. The molecule has 3 aromatic rings. The van der Waals surface area contributed by atoms with Crippen molar-refractivity contribution in [3.63, 3.8) is 0 Å². The highest BCUT2D eigenvalue weighted by Gasteiger charge is 2.49. The normalized spacial score (nSPS) is 19.4. The molecule has 3 heterocycles. The van der Waals surface area contributed by atoms with Crippen LogP contribution in [-0.2, 0) is 20.8 Å². The predicted molar refractivity (Wildman–Crippen MR) is 146 cm³/mol. The number of fused-ring (bicyclic) bond motifs is 7. The molecule has 4 atom stereocenters. The quantitative estimate of drug-likeness (QED) is 0.355. The lowest BCUT2D eigenvalue weighted by atomic mass is 9.89. The monoisotopic (exact) mass is 530 g/mol. The Morgan fingerprint density at radius 3 is 2.41 bits per heavy atom.